The molecule has 0 radical (unpaired) electrons. The standard InChI is InChI=1S/C51H30N4O2/c1-4-14-31(15-5-1)35-21-12-23-41-47(35)40-30-46-39(37-20-10-11-24-43(37)56-46)29-42(40)55(41)51-53-49(33-18-8-3-9-19-33)52-50(54-51)34-26-27-38-45(28-34)57-44-25-13-22-36(48(38)44)32-16-6-2-7-17-32/h1-30H. The van der Waals surface area contributed by atoms with E-state index in [0.29, 0.717) is 17.6 Å². The number of para-hydroxylation sites is 1. The van der Waals surface area contributed by atoms with Crippen LogP contribution in [0.2, 0.25) is 0 Å². The second kappa shape index (κ2) is 12.3. The SMILES string of the molecule is c1ccc(-c2nc(-c3ccc4c(c3)oc3cccc(-c5ccccc5)c34)nc(-n3c4cc5c(cc4c4c(-c6ccccc6)cccc43)oc3ccccc35)n2)cc1. The number of aromatic nitrogens is 4. The second-order valence-electron chi connectivity index (χ2n) is 14.4. The van der Waals surface area contributed by atoms with Crippen LogP contribution in [-0.4, -0.2) is 19.5 Å². The fraction of sp³-hybridized carbons (Fsp3) is 0. The van der Waals surface area contributed by atoms with Crippen LogP contribution in [-0.2, 0) is 0 Å². The van der Waals surface area contributed by atoms with Gasteiger partial charge >= 0.3 is 0 Å². The molecule has 4 aromatic heterocycles. The lowest BCUT2D eigenvalue weighted by Gasteiger charge is -2.11. The minimum atomic E-state index is 0.521. The van der Waals surface area contributed by atoms with E-state index in [9.17, 15) is 0 Å². The Morgan fingerprint density at radius 1 is 0.333 bits per heavy atom. The number of fused-ring (bicyclic) bond motifs is 9. The molecule has 6 heteroatoms. The van der Waals surface area contributed by atoms with E-state index in [-0.39, 0.29) is 0 Å². The molecule has 0 unspecified atom stereocenters. The maximum absolute atomic E-state index is 6.55. The molecule has 0 spiro atoms. The molecule has 57 heavy (non-hydrogen) atoms. The van der Waals surface area contributed by atoms with Gasteiger partial charge in [-0.25, -0.2) is 4.98 Å². The molecule has 6 nitrogen and oxygen atoms in total. The van der Waals surface area contributed by atoms with Gasteiger partial charge in [-0.1, -0.05) is 140 Å². The van der Waals surface area contributed by atoms with E-state index >= 15 is 0 Å². The minimum absolute atomic E-state index is 0.521. The molecular weight excluding hydrogens is 701 g/mol. The molecule has 0 saturated heterocycles. The van der Waals surface area contributed by atoms with Crippen LogP contribution in [0.1, 0.15) is 0 Å². The van der Waals surface area contributed by atoms with Crippen molar-refractivity contribution in [1.29, 1.82) is 0 Å². The smallest absolute Gasteiger partial charge is 0.238 e. The van der Waals surface area contributed by atoms with Crippen molar-refractivity contribution in [2.75, 3.05) is 0 Å². The van der Waals surface area contributed by atoms with Crippen molar-refractivity contribution >= 4 is 65.7 Å². The molecule has 0 aliphatic heterocycles. The van der Waals surface area contributed by atoms with Gasteiger partial charge in [0, 0.05) is 43.4 Å². The average molecular weight is 731 g/mol. The van der Waals surface area contributed by atoms with Gasteiger partial charge in [-0.15, -0.1) is 0 Å². The molecule has 0 atom stereocenters. The quantitative estimate of drug-likeness (QED) is 0.176. The lowest BCUT2D eigenvalue weighted by molar-refractivity contribution is 0.669. The fourth-order valence-corrected chi connectivity index (χ4v) is 8.49. The van der Waals surface area contributed by atoms with Gasteiger partial charge in [0.05, 0.1) is 11.0 Å². The van der Waals surface area contributed by atoms with Gasteiger partial charge in [0.15, 0.2) is 11.6 Å². The summed E-state index contributed by atoms with van der Waals surface area (Å²) in [6.45, 7) is 0. The summed E-state index contributed by atoms with van der Waals surface area (Å²) >= 11 is 0. The van der Waals surface area contributed by atoms with Crippen LogP contribution in [0.15, 0.2) is 191 Å². The normalized spacial score (nSPS) is 11.9. The van der Waals surface area contributed by atoms with Gasteiger partial charge in [-0.2, -0.15) is 9.97 Å². The number of nitrogens with zero attached hydrogens (tertiary/aromatic N) is 4. The Morgan fingerprint density at radius 3 is 1.68 bits per heavy atom. The summed E-state index contributed by atoms with van der Waals surface area (Å²) < 4.78 is 15.2. The Morgan fingerprint density at radius 2 is 0.930 bits per heavy atom. The predicted molar refractivity (Wildman–Crippen MR) is 230 cm³/mol. The highest BCUT2D eigenvalue weighted by Crippen LogP contribution is 2.43. The summed E-state index contributed by atoms with van der Waals surface area (Å²) in [5.74, 6) is 1.65. The minimum Gasteiger partial charge on any atom is -0.456 e. The molecule has 266 valence electrons. The van der Waals surface area contributed by atoms with E-state index < -0.39 is 0 Å². The Kier molecular flexibility index (Phi) is 6.83. The third-order valence-corrected chi connectivity index (χ3v) is 11.1. The largest absolute Gasteiger partial charge is 0.456 e. The highest BCUT2D eigenvalue weighted by molar-refractivity contribution is 6.20. The summed E-state index contributed by atoms with van der Waals surface area (Å²) in [5, 5.41) is 6.37. The Balaban J connectivity index is 1.14. The van der Waals surface area contributed by atoms with Crippen molar-refractivity contribution < 1.29 is 8.83 Å². The van der Waals surface area contributed by atoms with Gasteiger partial charge < -0.3 is 8.83 Å². The van der Waals surface area contributed by atoms with Gasteiger partial charge in [-0.3, -0.25) is 4.57 Å². The first-order valence-electron chi connectivity index (χ1n) is 19.0. The predicted octanol–water partition coefficient (Wildman–Crippen LogP) is 13.4. The molecular formula is C51H30N4O2. The molecule has 0 fully saturated rings. The number of rotatable bonds is 5. The summed E-state index contributed by atoms with van der Waals surface area (Å²) in [6.07, 6.45) is 0. The second-order valence-corrected chi connectivity index (χ2v) is 14.4. The number of hydrogen-bond donors (Lipinski definition) is 0. The molecule has 12 rings (SSSR count). The summed E-state index contributed by atoms with van der Waals surface area (Å²) in [7, 11) is 0. The number of benzene rings is 8. The molecule has 12 aromatic rings. The first-order valence-corrected chi connectivity index (χ1v) is 19.0. The highest BCUT2D eigenvalue weighted by atomic mass is 16.3. The van der Waals surface area contributed by atoms with Gasteiger partial charge in [-0.05, 0) is 64.7 Å². The van der Waals surface area contributed by atoms with E-state index in [2.05, 4.69) is 120 Å². The first kappa shape index (κ1) is 31.5. The topological polar surface area (TPSA) is 69.9 Å². The van der Waals surface area contributed by atoms with E-state index in [0.717, 1.165) is 99.1 Å². The Hall–Kier alpha value is -7.83. The first-order chi connectivity index (χ1) is 28.2. The van der Waals surface area contributed by atoms with Crippen molar-refractivity contribution in [2.45, 2.75) is 0 Å². The van der Waals surface area contributed by atoms with Crippen molar-refractivity contribution in [1.82, 2.24) is 19.5 Å². The van der Waals surface area contributed by atoms with Crippen molar-refractivity contribution in [2.24, 2.45) is 0 Å². The third kappa shape index (κ3) is 4.94. The van der Waals surface area contributed by atoms with E-state index in [1.165, 1.54) is 0 Å². The van der Waals surface area contributed by atoms with Gasteiger partial charge in [0.25, 0.3) is 0 Å². The van der Waals surface area contributed by atoms with Crippen molar-refractivity contribution in [3.8, 4) is 51.0 Å². The van der Waals surface area contributed by atoms with Crippen LogP contribution in [0.25, 0.3) is 117 Å². The van der Waals surface area contributed by atoms with Crippen LogP contribution in [0, 0.1) is 0 Å². The van der Waals surface area contributed by atoms with Crippen molar-refractivity contribution in [3.63, 3.8) is 0 Å². The number of furan rings is 2. The van der Waals surface area contributed by atoms with Gasteiger partial charge in [0.1, 0.15) is 22.3 Å². The molecule has 8 aromatic carbocycles. The molecule has 0 aliphatic rings. The number of hydrogen-bond acceptors (Lipinski definition) is 5. The van der Waals surface area contributed by atoms with Gasteiger partial charge in [0.2, 0.25) is 5.95 Å². The molecule has 0 saturated carbocycles. The average Bonchev–Trinajstić information content (AvgIpc) is 3.95. The lowest BCUT2D eigenvalue weighted by atomic mass is 9.99. The molecule has 4 heterocycles. The molecule has 0 amide bonds. The summed E-state index contributed by atoms with van der Waals surface area (Å²) in [6, 6.07) is 62.6. The Labute approximate surface area is 325 Å². The van der Waals surface area contributed by atoms with Crippen molar-refractivity contribution in [3.05, 3.63) is 182 Å². The monoisotopic (exact) mass is 730 g/mol. The van der Waals surface area contributed by atoms with Crippen LogP contribution in [0.4, 0.5) is 0 Å². The van der Waals surface area contributed by atoms with E-state index in [1.54, 1.807) is 0 Å². The maximum Gasteiger partial charge on any atom is 0.238 e. The van der Waals surface area contributed by atoms with Crippen LogP contribution in [0.3, 0.4) is 0 Å². The van der Waals surface area contributed by atoms with Crippen LogP contribution in [0.5, 0.6) is 0 Å². The lowest BCUT2D eigenvalue weighted by Crippen LogP contribution is -2.06. The fourth-order valence-electron chi connectivity index (χ4n) is 8.49. The Bertz CT molecular complexity index is 3510. The molecule has 0 bridgehead atoms. The highest BCUT2D eigenvalue weighted by Gasteiger charge is 2.23. The zero-order chi connectivity index (χ0) is 37.5. The zero-order valence-electron chi connectivity index (χ0n) is 30.4. The van der Waals surface area contributed by atoms with Crippen LogP contribution >= 0.6 is 0 Å². The third-order valence-electron chi connectivity index (χ3n) is 11.1. The zero-order valence-corrected chi connectivity index (χ0v) is 30.4. The maximum atomic E-state index is 6.55. The molecule has 0 N–H and O–H groups in total. The van der Waals surface area contributed by atoms with Crippen LogP contribution < -0.4 is 0 Å². The summed E-state index contributed by atoms with van der Waals surface area (Å²) in [5.41, 5.74) is 11.5. The summed E-state index contributed by atoms with van der Waals surface area (Å²) in [4.78, 5) is 15.7. The molecule has 0 aliphatic carbocycles. The van der Waals surface area contributed by atoms with E-state index in [4.69, 9.17) is 23.8 Å². The van der Waals surface area contributed by atoms with E-state index in [1.807, 2.05) is 66.7 Å².